The fourth-order valence-electron chi connectivity index (χ4n) is 3.62. The number of benzene rings is 1. The van der Waals surface area contributed by atoms with Gasteiger partial charge in [-0.2, -0.15) is 0 Å². The lowest BCUT2D eigenvalue weighted by molar-refractivity contribution is -0.198. The number of methoxy groups -OCH3 is 6. The molecule has 0 unspecified atom stereocenters. The highest BCUT2D eigenvalue weighted by atomic mass is 16.7. The van der Waals surface area contributed by atoms with Gasteiger partial charge in [-0.05, 0) is 24.1 Å². The Hall–Kier alpha value is -2.52. The second-order valence-electron chi connectivity index (χ2n) is 6.19. The van der Waals surface area contributed by atoms with Crippen molar-refractivity contribution in [3.8, 4) is 17.2 Å². The summed E-state index contributed by atoms with van der Waals surface area (Å²) >= 11 is 0. The van der Waals surface area contributed by atoms with Crippen LogP contribution >= 0.6 is 0 Å². The van der Waals surface area contributed by atoms with E-state index in [4.69, 9.17) is 33.2 Å². The van der Waals surface area contributed by atoms with Crippen LogP contribution in [0.1, 0.15) is 5.56 Å². The first kappa shape index (κ1) is 21.8. The minimum Gasteiger partial charge on any atom is -0.493 e. The lowest BCUT2D eigenvalue weighted by Gasteiger charge is -2.32. The summed E-state index contributed by atoms with van der Waals surface area (Å²) in [6.07, 6.45) is -0.847. The lowest BCUT2D eigenvalue weighted by atomic mass is 9.73. The average molecular weight is 398 g/mol. The molecule has 0 bridgehead atoms. The van der Waals surface area contributed by atoms with Gasteiger partial charge in [-0.3, -0.25) is 9.59 Å². The minimum absolute atomic E-state index is 0.0966. The number of rotatable bonds is 8. The third kappa shape index (κ3) is 3.47. The summed E-state index contributed by atoms with van der Waals surface area (Å²) in [6, 6.07) is 3.50. The first-order valence-corrected chi connectivity index (χ1v) is 8.54. The average Bonchev–Trinajstić information content (AvgIpc) is 3.10. The number of hydrogen-bond donors (Lipinski definition) is 0. The van der Waals surface area contributed by atoms with Gasteiger partial charge >= 0.3 is 11.9 Å². The predicted octanol–water partition coefficient (Wildman–Crippen LogP) is 1.21. The maximum Gasteiger partial charge on any atom is 0.328 e. The second-order valence-corrected chi connectivity index (χ2v) is 6.19. The van der Waals surface area contributed by atoms with Crippen molar-refractivity contribution in [1.29, 1.82) is 0 Å². The zero-order chi connectivity index (χ0) is 20.9. The largest absolute Gasteiger partial charge is 0.493 e. The molecule has 9 heteroatoms. The van der Waals surface area contributed by atoms with Crippen LogP contribution in [0.15, 0.2) is 12.1 Å². The quantitative estimate of drug-likeness (QED) is 0.472. The van der Waals surface area contributed by atoms with Crippen LogP contribution in [-0.4, -0.2) is 67.5 Å². The minimum atomic E-state index is -1.75. The van der Waals surface area contributed by atoms with Crippen LogP contribution in [0.4, 0.5) is 0 Å². The summed E-state index contributed by atoms with van der Waals surface area (Å²) in [5, 5.41) is 0. The van der Waals surface area contributed by atoms with Crippen LogP contribution in [0.3, 0.4) is 0 Å². The monoisotopic (exact) mass is 398 g/mol. The van der Waals surface area contributed by atoms with E-state index in [1.54, 1.807) is 12.1 Å². The fraction of sp³-hybridized carbons (Fsp3) is 0.579. The van der Waals surface area contributed by atoms with Crippen molar-refractivity contribution in [1.82, 2.24) is 0 Å². The maximum absolute atomic E-state index is 12.7. The molecular formula is C19H26O9. The highest BCUT2D eigenvalue weighted by Gasteiger charge is 2.65. The highest BCUT2D eigenvalue weighted by molar-refractivity contribution is 6.01. The van der Waals surface area contributed by atoms with Gasteiger partial charge < -0.3 is 33.2 Å². The van der Waals surface area contributed by atoms with Gasteiger partial charge in [0.15, 0.2) is 17.8 Å². The molecular weight excluding hydrogens is 372 g/mol. The molecule has 0 aliphatic carbocycles. The fourth-order valence-corrected chi connectivity index (χ4v) is 3.62. The van der Waals surface area contributed by atoms with Crippen molar-refractivity contribution in [3.05, 3.63) is 17.7 Å². The van der Waals surface area contributed by atoms with Gasteiger partial charge in [0, 0.05) is 13.0 Å². The number of hydrogen-bond acceptors (Lipinski definition) is 9. The Balaban J connectivity index is 2.51. The van der Waals surface area contributed by atoms with E-state index in [0.717, 1.165) is 5.56 Å². The topological polar surface area (TPSA) is 98.8 Å². The number of carbonyl (C=O) groups is 2. The molecule has 1 aromatic rings. The van der Waals surface area contributed by atoms with Crippen LogP contribution in [0, 0.1) is 11.3 Å². The predicted molar refractivity (Wildman–Crippen MR) is 96.5 cm³/mol. The SMILES string of the molecule is COC(=O)C1(C(=O)OC)[C@H](Cc2cc(OC)c(OC)c(OC)c2)CO[C@@H]1OC. The summed E-state index contributed by atoms with van der Waals surface area (Å²) in [4.78, 5) is 25.4. The van der Waals surface area contributed by atoms with Gasteiger partial charge in [0.1, 0.15) is 0 Å². The molecule has 1 aliphatic heterocycles. The van der Waals surface area contributed by atoms with E-state index < -0.39 is 29.6 Å². The van der Waals surface area contributed by atoms with Gasteiger partial charge in [-0.25, -0.2) is 0 Å². The van der Waals surface area contributed by atoms with E-state index in [2.05, 4.69) is 0 Å². The maximum atomic E-state index is 12.7. The Labute approximate surface area is 163 Å². The number of ether oxygens (including phenoxy) is 7. The Bertz CT molecular complexity index is 674. The van der Waals surface area contributed by atoms with E-state index in [9.17, 15) is 9.59 Å². The van der Waals surface area contributed by atoms with Crippen molar-refractivity contribution in [2.45, 2.75) is 12.7 Å². The number of esters is 2. The third-order valence-electron chi connectivity index (χ3n) is 4.93. The van der Waals surface area contributed by atoms with Gasteiger partial charge in [0.25, 0.3) is 0 Å². The summed E-state index contributed by atoms with van der Waals surface area (Å²) in [6.45, 7) is 0.0966. The van der Waals surface area contributed by atoms with E-state index in [0.29, 0.717) is 17.2 Å². The molecule has 0 N–H and O–H groups in total. The molecule has 1 saturated heterocycles. The molecule has 0 saturated carbocycles. The van der Waals surface area contributed by atoms with Crippen molar-refractivity contribution < 1.29 is 42.7 Å². The molecule has 2 rings (SSSR count). The summed E-state index contributed by atoms with van der Waals surface area (Å²) in [5.74, 6) is -0.789. The number of carbonyl (C=O) groups excluding carboxylic acids is 2. The van der Waals surface area contributed by atoms with Gasteiger partial charge in [-0.1, -0.05) is 0 Å². The Morgan fingerprint density at radius 3 is 1.89 bits per heavy atom. The standard InChI is InChI=1S/C19H26O9/c1-22-13-8-11(9-14(23-2)15(13)24-3)7-12-10-28-18(27-6)19(12,16(20)25-4)17(21)26-5/h8-9,12,18H,7,10H2,1-6H3/t12-,18+/m1/s1. The molecule has 0 spiro atoms. The van der Waals surface area contributed by atoms with Crippen molar-refractivity contribution in [2.24, 2.45) is 11.3 Å². The Kier molecular flexibility index (Phi) is 7.09. The second kappa shape index (κ2) is 9.11. The first-order chi connectivity index (χ1) is 13.4. The summed E-state index contributed by atoms with van der Waals surface area (Å²) in [7, 11) is 8.28. The van der Waals surface area contributed by atoms with Crippen LogP contribution in [0.25, 0.3) is 0 Å². The molecule has 1 heterocycles. The van der Waals surface area contributed by atoms with Crippen LogP contribution < -0.4 is 14.2 Å². The summed E-state index contributed by atoms with van der Waals surface area (Å²) < 4.78 is 36.8. The van der Waals surface area contributed by atoms with Crippen molar-refractivity contribution in [2.75, 3.05) is 49.3 Å². The highest BCUT2D eigenvalue weighted by Crippen LogP contribution is 2.46. The van der Waals surface area contributed by atoms with Crippen LogP contribution in [-0.2, 0) is 35.0 Å². The van der Waals surface area contributed by atoms with E-state index in [-0.39, 0.29) is 13.0 Å². The molecule has 0 radical (unpaired) electrons. The van der Waals surface area contributed by atoms with Gasteiger partial charge in [-0.15, -0.1) is 0 Å². The van der Waals surface area contributed by atoms with Gasteiger partial charge in [0.05, 0.1) is 42.2 Å². The van der Waals surface area contributed by atoms with Crippen LogP contribution in [0.5, 0.6) is 17.2 Å². The normalized spacial score (nSPS) is 20.4. The molecule has 28 heavy (non-hydrogen) atoms. The third-order valence-corrected chi connectivity index (χ3v) is 4.93. The molecule has 156 valence electrons. The Morgan fingerprint density at radius 2 is 1.50 bits per heavy atom. The van der Waals surface area contributed by atoms with E-state index in [1.807, 2.05) is 0 Å². The lowest BCUT2D eigenvalue weighted by Crippen LogP contribution is -2.52. The smallest absolute Gasteiger partial charge is 0.328 e. The molecule has 0 aromatic heterocycles. The van der Waals surface area contributed by atoms with Crippen LogP contribution in [0.2, 0.25) is 0 Å². The molecule has 1 fully saturated rings. The zero-order valence-electron chi connectivity index (χ0n) is 16.9. The summed E-state index contributed by atoms with van der Waals surface area (Å²) in [5.41, 5.74) is -1.00. The molecule has 2 atom stereocenters. The van der Waals surface area contributed by atoms with Crippen molar-refractivity contribution >= 4 is 11.9 Å². The van der Waals surface area contributed by atoms with Gasteiger partial charge in [0.2, 0.25) is 11.2 Å². The molecule has 1 aromatic carbocycles. The first-order valence-electron chi connectivity index (χ1n) is 8.54. The molecule has 1 aliphatic rings. The Morgan fingerprint density at radius 1 is 0.964 bits per heavy atom. The van der Waals surface area contributed by atoms with E-state index >= 15 is 0 Å². The van der Waals surface area contributed by atoms with E-state index in [1.165, 1.54) is 42.7 Å². The molecule has 0 amide bonds. The molecule has 9 nitrogen and oxygen atoms in total. The zero-order valence-corrected chi connectivity index (χ0v) is 16.9. The van der Waals surface area contributed by atoms with Crippen molar-refractivity contribution in [3.63, 3.8) is 0 Å².